The van der Waals surface area contributed by atoms with Crippen LogP contribution in [0.25, 0.3) is 0 Å². The fourth-order valence-corrected chi connectivity index (χ4v) is 5.23. The molecule has 0 radical (unpaired) electrons. The second-order valence-corrected chi connectivity index (χ2v) is 10.4. The first kappa shape index (κ1) is 25.4. The number of hydrogen-bond donors (Lipinski definition) is 2. The lowest BCUT2D eigenvalue weighted by atomic mass is 10.00. The minimum absolute atomic E-state index is 0.153. The number of methoxy groups -OCH3 is 1. The summed E-state index contributed by atoms with van der Waals surface area (Å²) in [5.41, 5.74) is 0. The van der Waals surface area contributed by atoms with E-state index in [4.69, 9.17) is 27.8 Å². The average Bonchev–Trinajstić information content (AvgIpc) is 3.05. The predicted molar refractivity (Wildman–Crippen MR) is 101 cm³/mol. The van der Waals surface area contributed by atoms with Crippen LogP contribution in [0.2, 0.25) is 0 Å². The maximum atomic E-state index is 12.5. The van der Waals surface area contributed by atoms with Crippen LogP contribution < -0.4 is 0 Å². The number of rotatable bonds is 10. The molecule has 0 spiro atoms. The molecular formula is C16H32O11P2. The van der Waals surface area contributed by atoms with E-state index in [-0.39, 0.29) is 37.3 Å². The van der Waals surface area contributed by atoms with Gasteiger partial charge >= 0.3 is 15.6 Å². The first-order chi connectivity index (χ1) is 13.4. The Morgan fingerprint density at radius 3 is 1.69 bits per heavy atom. The monoisotopic (exact) mass is 462 g/mol. The Morgan fingerprint density at radius 1 is 0.793 bits per heavy atom. The molecule has 0 aromatic carbocycles. The van der Waals surface area contributed by atoms with Crippen molar-refractivity contribution < 1.29 is 51.2 Å². The lowest BCUT2D eigenvalue weighted by Crippen LogP contribution is -2.33. The van der Waals surface area contributed by atoms with Gasteiger partial charge in [-0.1, -0.05) is 13.8 Å². The molecule has 2 heterocycles. The highest BCUT2D eigenvalue weighted by atomic mass is 31.2. The predicted octanol–water partition coefficient (Wildman–Crippen LogP) is 2.11. The molecule has 0 amide bonds. The largest absolute Gasteiger partial charge is 0.472 e. The van der Waals surface area contributed by atoms with E-state index < -0.39 is 40.1 Å². The molecule has 2 aliphatic rings. The molecule has 2 N–H and O–H groups in total. The highest BCUT2D eigenvalue weighted by Crippen LogP contribution is 2.51. The fourth-order valence-electron chi connectivity index (χ4n) is 3.47. The van der Waals surface area contributed by atoms with E-state index >= 15 is 0 Å². The Balaban J connectivity index is 2.00. The number of phosphoric acid groups is 2. The van der Waals surface area contributed by atoms with E-state index in [0.717, 1.165) is 7.11 Å². The third-order valence-electron chi connectivity index (χ3n) is 5.50. The van der Waals surface area contributed by atoms with Gasteiger partial charge in [0.25, 0.3) is 0 Å². The van der Waals surface area contributed by atoms with E-state index in [1.165, 1.54) is 7.11 Å². The third kappa shape index (κ3) is 6.54. The van der Waals surface area contributed by atoms with E-state index in [9.17, 15) is 18.9 Å². The second-order valence-electron chi connectivity index (χ2n) is 7.49. The first-order valence-electron chi connectivity index (χ1n) is 9.43. The van der Waals surface area contributed by atoms with Crippen molar-refractivity contribution in [1.82, 2.24) is 0 Å². The maximum Gasteiger partial charge on any atom is 0.472 e. The zero-order chi connectivity index (χ0) is 22.0. The highest BCUT2D eigenvalue weighted by Gasteiger charge is 2.47. The Hall–Kier alpha value is 0.1000. The lowest BCUT2D eigenvalue weighted by molar-refractivity contribution is -0.0407. The number of ether oxygens (including phenoxy) is 3. The van der Waals surface area contributed by atoms with Gasteiger partial charge in [-0.25, -0.2) is 9.13 Å². The molecule has 2 rings (SSSR count). The number of hydrogen-bond acceptors (Lipinski definition) is 9. The van der Waals surface area contributed by atoms with Crippen molar-refractivity contribution >= 4 is 15.6 Å². The molecule has 13 heteroatoms. The minimum atomic E-state index is -4.48. The van der Waals surface area contributed by atoms with Crippen molar-refractivity contribution in [3.63, 3.8) is 0 Å². The van der Waals surface area contributed by atoms with Gasteiger partial charge in [-0.15, -0.1) is 0 Å². The molecule has 0 bridgehead atoms. The number of phosphoric ester groups is 2. The zero-order valence-electron chi connectivity index (χ0n) is 17.5. The quantitative estimate of drug-likeness (QED) is 0.462. The van der Waals surface area contributed by atoms with Gasteiger partial charge < -0.3 is 24.0 Å². The van der Waals surface area contributed by atoms with Gasteiger partial charge in [-0.2, -0.15) is 0 Å². The SMILES string of the molecule is COC[C@H]1O[C@@H](C)C(C)[C@H]1OP(=O)(O)OC[C@H]1O[C@@H](C)C(C)[C@H]1OP(=O)(O)OC. The van der Waals surface area contributed by atoms with Gasteiger partial charge in [0.15, 0.2) is 0 Å². The summed E-state index contributed by atoms with van der Waals surface area (Å²) in [5, 5.41) is 0. The topological polar surface area (TPSA) is 139 Å². The van der Waals surface area contributed by atoms with Crippen molar-refractivity contribution in [2.24, 2.45) is 11.8 Å². The van der Waals surface area contributed by atoms with Gasteiger partial charge in [-0.05, 0) is 13.8 Å². The lowest BCUT2D eigenvalue weighted by Gasteiger charge is -2.26. The molecule has 0 aromatic heterocycles. The van der Waals surface area contributed by atoms with Crippen LogP contribution in [0, 0.1) is 11.8 Å². The van der Waals surface area contributed by atoms with E-state index in [1.807, 2.05) is 13.8 Å². The highest BCUT2D eigenvalue weighted by molar-refractivity contribution is 7.47. The van der Waals surface area contributed by atoms with E-state index in [1.54, 1.807) is 13.8 Å². The normalized spacial score (nSPS) is 41.9. The summed E-state index contributed by atoms with van der Waals surface area (Å²) in [6, 6.07) is 0. The second kappa shape index (κ2) is 10.1. The third-order valence-corrected chi connectivity index (χ3v) is 7.46. The molecule has 0 aliphatic carbocycles. The summed E-state index contributed by atoms with van der Waals surface area (Å²) >= 11 is 0. The van der Waals surface area contributed by atoms with Crippen molar-refractivity contribution in [2.75, 3.05) is 27.4 Å². The molecule has 29 heavy (non-hydrogen) atoms. The van der Waals surface area contributed by atoms with Crippen LogP contribution in [0.3, 0.4) is 0 Å². The Morgan fingerprint density at radius 2 is 1.24 bits per heavy atom. The summed E-state index contributed by atoms with van der Waals surface area (Å²) in [7, 11) is -6.20. The van der Waals surface area contributed by atoms with Crippen LogP contribution in [0.5, 0.6) is 0 Å². The van der Waals surface area contributed by atoms with Gasteiger partial charge in [0, 0.05) is 26.1 Å². The van der Waals surface area contributed by atoms with E-state index in [0.29, 0.717) is 0 Å². The van der Waals surface area contributed by atoms with Crippen LogP contribution in [-0.4, -0.2) is 73.8 Å². The molecule has 2 saturated heterocycles. The van der Waals surface area contributed by atoms with Crippen LogP contribution in [0.1, 0.15) is 27.7 Å². The molecule has 4 unspecified atom stereocenters. The summed E-state index contributed by atoms with van der Waals surface area (Å²) in [6.07, 6.45) is -3.41. The molecule has 0 saturated carbocycles. The summed E-state index contributed by atoms with van der Waals surface area (Å²) in [5.74, 6) is -0.423. The Labute approximate surface area is 171 Å². The molecule has 172 valence electrons. The van der Waals surface area contributed by atoms with Crippen LogP contribution in [-0.2, 0) is 41.4 Å². The minimum Gasteiger partial charge on any atom is -0.382 e. The zero-order valence-corrected chi connectivity index (χ0v) is 19.3. The average molecular weight is 462 g/mol. The Bertz CT molecular complexity index is 632. The molecule has 10 atom stereocenters. The molecule has 0 aromatic rings. The first-order valence-corrected chi connectivity index (χ1v) is 12.4. The van der Waals surface area contributed by atoms with Crippen molar-refractivity contribution in [2.45, 2.75) is 64.3 Å². The van der Waals surface area contributed by atoms with Gasteiger partial charge in [-0.3, -0.25) is 18.1 Å². The molecule has 2 aliphatic heterocycles. The summed E-state index contributed by atoms with van der Waals surface area (Å²) in [4.78, 5) is 19.8. The van der Waals surface area contributed by atoms with E-state index in [2.05, 4.69) is 4.52 Å². The fraction of sp³-hybridized carbons (Fsp3) is 1.00. The summed E-state index contributed by atoms with van der Waals surface area (Å²) in [6.45, 7) is 7.07. The molecular weight excluding hydrogens is 430 g/mol. The van der Waals surface area contributed by atoms with Crippen molar-refractivity contribution in [3.8, 4) is 0 Å². The Kier molecular flexibility index (Phi) is 8.87. The van der Waals surface area contributed by atoms with Gasteiger partial charge in [0.2, 0.25) is 0 Å². The van der Waals surface area contributed by atoms with Gasteiger partial charge in [0.05, 0.1) is 25.4 Å². The van der Waals surface area contributed by atoms with Crippen LogP contribution in [0.4, 0.5) is 0 Å². The van der Waals surface area contributed by atoms with Crippen LogP contribution in [0.15, 0.2) is 0 Å². The molecule has 11 nitrogen and oxygen atoms in total. The van der Waals surface area contributed by atoms with Crippen molar-refractivity contribution in [1.29, 1.82) is 0 Å². The maximum absolute atomic E-state index is 12.5. The van der Waals surface area contributed by atoms with Gasteiger partial charge in [0.1, 0.15) is 24.4 Å². The van der Waals surface area contributed by atoms with Crippen molar-refractivity contribution in [3.05, 3.63) is 0 Å². The summed E-state index contributed by atoms with van der Waals surface area (Å²) < 4.78 is 60.9. The van der Waals surface area contributed by atoms with Crippen LogP contribution >= 0.6 is 15.6 Å². The standard InChI is InChI=1S/C16H32O11P2/c1-9-11(3)24-13(7-21-5)15(9)27-29(19,20)23-8-14-16(10(2)12(4)25-14)26-28(17,18)22-6/h9-16H,7-8H2,1-6H3,(H,17,18)(H,19,20)/t9?,10?,11-,12-,13+,14+,15+,16+/m0/s1. The molecule has 2 fully saturated rings. The smallest absolute Gasteiger partial charge is 0.382 e.